The van der Waals surface area contributed by atoms with Gasteiger partial charge in [-0.3, -0.25) is 20.2 Å². The minimum atomic E-state index is -5.01. The molecule has 0 aromatic heterocycles. The first-order chi connectivity index (χ1) is 9.08. The highest BCUT2D eigenvalue weighted by atomic mass is 19.3. The van der Waals surface area contributed by atoms with Crippen molar-refractivity contribution in [3.8, 4) is 5.75 Å². The second-order valence-electron chi connectivity index (χ2n) is 3.56. The Hall–Kier alpha value is -2.46. The molecular weight excluding hydrogens is 292 g/mol. The molecule has 0 bridgehead atoms. The molecule has 0 N–H and O–H groups in total. The van der Waals surface area contributed by atoms with E-state index in [0.717, 1.165) is 13.0 Å². The van der Waals surface area contributed by atoms with Crippen molar-refractivity contribution in [3.05, 3.63) is 37.9 Å². The van der Waals surface area contributed by atoms with Crippen LogP contribution in [0.2, 0.25) is 0 Å². The maximum absolute atomic E-state index is 12.7. The molecule has 7 nitrogen and oxygen atoms in total. The fourth-order valence-corrected chi connectivity index (χ4v) is 1.34. The number of hydrogen-bond acceptors (Lipinski definition) is 5. The summed E-state index contributed by atoms with van der Waals surface area (Å²) in [4.78, 5) is 18.9. The Kier molecular flexibility index (Phi) is 4.11. The van der Waals surface area contributed by atoms with Crippen LogP contribution in [0.25, 0.3) is 0 Å². The van der Waals surface area contributed by atoms with E-state index >= 15 is 0 Å². The van der Waals surface area contributed by atoms with Crippen molar-refractivity contribution in [2.75, 3.05) is 0 Å². The highest BCUT2D eigenvalue weighted by Crippen LogP contribution is 2.41. The highest BCUT2D eigenvalue weighted by molar-refractivity contribution is 5.65. The molecule has 20 heavy (non-hydrogen) atoms. The van der Waals surface area contributed by atoms with Crippen LogP contribution >= 0.6 is 0 Å². The van der Waals surface area contributed by atoms with E-state index < -0.39 is 39.5 Å². The Labute approximate surface area is 108 Å². The molecule has 0 saturated carbocycles. The van der Waals surface area contributed by atoms with Gasteiger partial charge in [0.25, 0.3) is 0 Å². The summed E-state index contributed by atoms with van der Waals surface area (Å²) in [7, 11) is 0. The van der Waals surface area contributed by atoms with Crippen LogP contribution in [0.4, 0.5) is 28.9 Å². The van der Waals surface area contributed by atoms with Crippen LogP contribution in [0.15, 0.2) is 12.1 Å². The van der Waals surface area contributed by atoms with Crippen LogP contribution in [0.1, 0.15) is 5.56 Å². The first kappa shape index (κ1) is 15.6. The van der Waals surface area contributed by atoms with E-state index in [2.05, 4.69) is 4.74 Å². The third-order valence-electron chi connectivity index (χ3n) is 2.18. The Morgan fingerprint density at radius 3 is 2.05 bits per heavy atom. The fraction of sp³-hybridized carbons (Fsp3) is 0.333. The number of nitro groups is 2. The van der Waals surface area contributed by atoms with Gasteiger partial charge in [-0.15, -0.1) is 0 Å². The lowest BCUT2D eigenvalue weighted by Gasteiger charge is -2.16. The summed E-state index contributed by atoms with van der Waals surface area (Å²) in [5.74, 6) is -1.31. The van der Waals surface area contributed by atoms with Gasteiger partial charge in [-0.05, 0) is 19.1 Å². The van der Waals surface area contributed by atoms with Gasteiger partial charge in [0.1, 0.15) is 0 Å². The zero-order valence-corrected chi connectivity index (χ0v) is 9.68. The smallest absolute Gasteiger partial charge is 0.421 e. The number of ether oxygens (including phenoxy) is 1. The summed E-state index contributed by atoms with van der Waals surface area (Å²) >= 11 is 0. The first-order valence-electron chi connectivity index (χ1n) is 4.85. The zero-order valence-electron chi connectivity index (χ0n) is 9.68. The quantitative estimate of drug-likeness (QED) is 0.473. The Balaban J connectivity index is 3.45. The van der Waals surface area contributed by atoms with Crippen LogP contribution < -0.4 is 4.74 Å². The molecule has 0 fully saturated rings. The maximum Gasteiger partial charge on any atom is 0.461 e. The summed E-state index contributed by atoms with van der Waals surface area (Å²) in [6.45, 7) is 1.13. The van der Waals surface area contributed by atoms with Crippen molar-refractivity contribution in [2.24, 2.45) is 0 Å². The SMILES string of the molecule is Cc1ccc(OC(F)(F)C(F)F)c([N+](=O)[O-])c1[N+](=O)[O-]. The number of hydrogen-bond donors (Lipinski definition) is 0. The Morgan fingerprint density at radius 1 is 1.15 bits per heavy atom. The number of benzene rings is 1. The van der Waals surface area contributed by atoms with Gasteiger partial charge in [-0.2, -0.15) is 17.6 Å². The molecule has 0 heterocycles. The summed E-state index contributed by atoms with van der Waals surface area (Å²) < 4.78 is 53.0. The minimum Gasteiger partial charge on any atom is -0.421 e. The van der Waals surface area contributed by atoms with Crippen LogP contribution in [0.3, 0.4) is 0 Å². The molecule has 1 aromatic rings. The standard InChI is InChI=1S/C9H6F4N2O5/c1-4-2-3-5(20-9(12,13)8(10)11)7(15(18)19)6(4)14(16)17/h2-3,8H,1H3. The van der Waals surface area contributed by atoms with Crippen LogP contribution in [-0.2, 0) is 0 Å². The molecule has 0 saturated heterocycles. The molecule has 11 heteroatoms. The van der Waals surface area contributed by atoms with Gasteiger partial charge in [0.15, 0.2) is 0 Å². The van der Waals surface area contributed by atoms with E-state index in [9.17, 15) is 37.8 Å². The Morgan fingerprint density at radius 2 is 1.65 bits per heavy atom. The summed E-state index contributed by atoms with van der Waals surface area (Å²) in [6.07, 6.45) is -9.25. The molecule has 110 valence electrons. The van der Waals surface area contributed by atoms with Gasteiger partial charge in [-0.1, -0.05) is 0 Å². The third kappa shape index (κ3) is 2.92. The van der Waals surface area contributed by atoms with Crippen molar-refractivity contribution in [3.63, 3.8) is 0 Å². The lowest BCUT2D eigenvalue weighted by atomic mass is 10.1. The van der Waals surface area contributed by atoms with Crippen molar-refractivity contribution in [1.82, 2.24) is 0 Å². The normalized spacial score (nSPS) is 11.5. The maximum atomic E-state index is 12.7. The van der Waals surface area contributed by atoms with E-state index in [-0.39, 0.29) is 5.56 Å². The van der Waals surface area contributed by atoms with E-state index in [1.807, 2.05) is 0 Å². The molecule has 0 spiro atoms. The lowest BCUT2D eigenvalue weighted by molar-refractivity contribution is -0.424. The average Bonchev–Trinajstić information content (AvgIpc) is 2.29. The predicted molar refractivity (Wildman–Crippen MR) is 56.1 cm³/mol. The molecule has 0 aliphatic carbocycles. The number of rotatable bonds is 5. The van der Waals surface area contributed by atoms with Crippen LogP contribution in [0.5, 0.6) is 5.75 Å². The number of nitro benzene ring substituents is 2. The monoisotopic (exact) mass is 298 g/mol. The van der Waals surface area contributed by atoms with E-state index in [0.29, 0.717) is 6.07 Å². The topological polar surface area (TPSA) is 95.5 Å². The number of halogens is 4. The second-order valence-corrected chi connectivity index (χ2v) is 3.56. The predicted octanol–water partition coefficient (Wildman–Crippen LogP) is 3.05. The van der Waals surface area contributed by atoms with Gasteiger partial charge in [0.05, 0.1) is 9.85 Å². The van der Waals surface area contributed by atoms with Crippen LogP contribution in [0, 0.1) is 27.2 Å². The molecule has 0 aliphatic heterocycles. The van der Waals surface area contributed by atoms with Gasteiger partial charge in [-0.25, -0.2) is 0 Å². The highest BCUT2D eigenvalue weighted by Gasteiger charge is 2.46. The molecule has 1 rings (SSSR count). The molecular formula is C9H6F4N2O5. The number of nitrogens with zero attached hydrogens (tertiary/aromatic N) is 2. The van der Waals surface area contributed by atoms with E-state index in [1.54, 1.807) is 0 Å². The lowest BCUT2D eigenvalue weighted by Crippen LogP contribution is -2.33. The minimum absolute atomic E-state index is 0.200. The van der Waals surface area contributed by atoms with Crippen molar-refractivity contribution < 1.29 is 32.1 Å². The van der Waals surface area contributed by atoms with E-state index in [1.165, 1.54) is 0 Å². The molecule has 0 radical (unpaired) electrons. The van der Waals surface area contributed by atoms with Gasteiger partial charge in [0, 0.05) is 5.56 Å². The molecule has 0 amide bonds. The Bertz CT molecular complexity index is 564. The van der Waals surface area contributed by atoms with Crippen LogP contribution in [-0.4, -0.2) is 22.4 Å². The summed E-state index contributed by atoms with van der Waals surface area (Å²) in [5, 5.41) is 21.5. The first-order valence-corrected chi connectivity index (χ1v) is 4.85. The second kappa shape index (κ2) is 5.27. The van der Waals surface area contributed by atoms with Crippen molar-refractivity contribution in [2.45, 2.75) is 19.5 Å². The summed E-state index contributed by atoms with van der Waals surface area (Å²) in [5.41, 5.74) is -2.71. The van der Waals surface area contributed by atoms with E-state index in [4.69, 9.17) is 0 Å². The molecule has 1 aromatic carbocycles. The van der Waals surface area contributed by atoms with Crippen molar-refractivity contribution in [1.29, 1.82) is 0 Å². The van der Waals surface area contributed by atoms with Gasteiger partial charge in [0.2, 0.25) is 5.75 Å². The largest absolute Gasteiger partial charge is 0.461 e. The van der Waals surface area contributed by atoms with Gasteiger partial charge >= 0.3 is 23.9 Å². The fourth-order valence-electron chi connectivity index (χ4n) is 1.34. The summed E-state index contributed by atoms with van der Waals surface area (Å²) in [6, 6.07) is 1.47. The number of aryl methyl sites for hydroxylation is 1. The average molecular weight is 298 g/mol. The van der Waals surface area contributed by atoms with Gasteiger partial charge < -0.3 is 4.74 Å². The molecule has 0 aliphatic rings. The molecule has 0 unspecified atom stereocenters. The molecule has 0 atom stereocenters. The zero-order chi connectivity index (χ0) is 15.7. The van der Waals surface area contributed by atoms with Crippen molar-refractivity contribution >= 4 is 11.4 Å². The third-order valence-corrected chi connectivity index (χ3v) is 2.18. The number of alkyl halides is 4.